The molecule has 2 aromatic heterocycles. The molecule has 5 rings (SSSR count). The lowest BCUT2D eigenvalue weighted by Crippen LogP contribution is -2.76. The van der Waals surface area contributed by atoms with Crippen molar-refractivity contribution >= 4 is 33.3 Å². The summed E-state index contributed by atoms with van der Waals surface area (Å²) in [4.78, 5) is 28.2. The van der Waals surface area contributed by atoms with Gasteiger partial charge in [-0.15, -0.1) is 11.3 Å². The summed E-state index contributed by atoms with van der Waals surface area (Å²) < 4.78 is 0. The molecule has 0 spiro atoms. The zero-order valence-corrected chi connectivity index (χ0v) is 16.3. The average Bonchev–Trinajstić information content (AvgIpc) is 3.19. The normalized spacial score (nSPS) is 29.8. The van der Waals surface area contributed by atoms with Crippen LogP contribution in [-0.2, 0) is 17.6 Å². The van der Waals surface area contributed by atoms with E-state index in [4.69, 9.17) is 0 Å². The number of hydrogen-bond donors (Lipinski definition) is 1. The molecule has 4 heterocycles. The SMILES string of the molecule is CC(=O)N1[C@@H]2CC(N(C)C)C[C@H]1C2Nc1ncnc2sc3c(c12)CCC3. The molecule has 2 aliphatic heterocycles. The molecule has 0 radical (unpaired) electrons. The molecular formula is C19H25N5OS. The average molecular weight is 372 g/mol. The second-order valence-electron chi connectivity index (χ2n) is 8.08. The van der Waals surface area contributed by atoms with E-state index in [0.29, 0.717) is 12.1 Å². The molecule has 1 N–H and O–H groups in total. The molecule has 1 amide bonds. The van der Waals surface area contributed by atoms with Gasteiger partial charge >= 0.3 is 0 Å². The first-order valence-electron chi connectivity index (χ1n) is 9.51. The predicted octanol–water partition coefficient (Wildman–Crippen LogP) is 2.28. The maximum Gasteiger partial charge on any atom is 0.220 e. The smallest absolute Gasteiger partial charge is 0.220 e. The van der Waals surface area contributed by atoms with Crippen molar-refractivity contribution in [3.8, 4) is 0 Å². The monoisotopic (exact) mass is 371 g/mol. The van der Waals surface area contributed by atoms with E-state index in [-0.39, 0.29) is 18.0 Å². The van der Waals surface area contributed by atoms with E-state index in [9.17, 15) is 4.79 Å². The number of hydrogen-bond acceptors (Lipinski definition) is 6. The van der Waals surface area contributed by atoms with E-state index >= 15 is 0 Å². The van der Waals surface area contributed by atoms with E-state index in [1.165, 1.54) is 28.7 Å². The Kier molecular flexibility index (Phi) is 3.72. The van der Waals surface area contributed by atoms with Gasteiger partial charge in [-0.3, -0.25) is 4.79 Å². The molecule has 6 nitrogen and oxygen atoms in total. The second kappa shape index (κ2) is 5.89. The number of nitrogens with zero attached hydrogens (tertiary/aromatic N) is 4. The number of thiophene rings is 1. The molecule has 7 heteroatoms. The van der Waals surface area contributed by atoms with E-state index in [2.05, 4.69) is 39.2 Å². The van der Waals surface area contributed by atoms with Gasteiger partial charge in [-0.05, 0) is 51.8 Å². The lowest BCUT2D eigenvalue weighted by molar-refractivity contribution is -0.152. The number of carbonyl (C=O) groups is 1. The van der Waals surface area contributed by atoms with Gasteiger partial charge in [0.2, 0.25) is 5.91 Å². The number of carbonyl (C=O) groups excluding carboxylic acids is 1. The summed E-state index contributed by atoms with van der Waals surface area (Å²) in [6.45, 7) is 1.70. The zero-order valence-electron chi connectivity index (χ0n) is 15.5. The fourth-order valence-electron chi connectivity index (χ4n) is 5.20. The highest BCUT2D eigenvalue weighted by molar-refractivity contribution is 7.19. The van der Waals surface area contributed by atoms with Gasteiger partial charge in [-0.2, -0.15) is 0 Å². The highest BCUT2D eigenvalue weighted by Crippen LogP contribution is 2.44. The number of anilines is 1. The molecule has 2 fully saturated rings. The maximum atomic E-state index is 12.1. The lowest BCUT2D eigenvalue weighted by atomic mass is 9.72. The topological polar surface area (TPSA) is 61.4 Å². The van der Waals surface area contributed by atoms with Crippen molar-refractivity contribution in [3.05, 3.63) is 16.8 Å². The van der Waals surface area contributed by atoms with E-state index < -0.39 is 0 Å². The van der Waals surface area contributed by atoms with Crippen molar-refractivity contribution in [1.82, 2.24) is 19.8 Å². The Labute approximate surface area is 157 Å². The van der Waals surface area contributed by atoms with Gasteiger partial charge in [0.15, 0.2) is 0 Å². The number of amides is 1. The Bertz CT molecular complexity index is 864. The van der Waals surface area contributed by atoms with Gasteiger partial charge in [0, 0.05) is 17.8 Å². The lowest BCUT2D eigenvalue weighted by Gasteiger charge is -2.61. The number of aromatic nitrogens is 2. The van der Waals surface area contributed by atoms with E-state index in [1.807, 2.05) is 11.3 Å². The van der Waals surface area contributed by atoms with Crippen LogP contribution in [0.2, 0.25) is 0 Å². The quantitative estimate of drug-likeness (QED) is 0.897. The van der Waals surface area contributed by atoms with Crippen LogP contribution < -0.4 is 5.32 Å². The summed E-state index contributed by atoms with van der Waals surface area (Å²) in [5, 5.41) is 4.96. The van der Waals surface area contributed by atoms with Crippen molar-refractivity contribution in [2.45, 2.75) is 63.2 Å². The Morgan fingerprint density at radius 2 is 2.04 bits per heavy atom. The molecular weight excluding hydrogens is 346 g/mol. The first-order chi connectivity index (χ1) is 12.5. The summed E-state index contributed by atoms with van der Waals surface area (Å²) in [6.07, 6.45) is 7.27. The number of fused-ring (bicyclic) bond motifs is 5. The van der Waals surface area contributed by atoms with Crippen molar-refractivity contribution < 1.29 is 4.79 Å². The van der Waals surface area contributed by atoms with Crippen LogP contribution in [-0.4, -0.2) is 63.9 Å². The first-order valence-corrected chi connectivity index (χ1v) is 10.3. The minimum atomic E-state index is 0.194. The number of nitrogens with one attached hydrogen (secondary N) is 1. The Morgan fingerprint density at radius 1 is 1.27 bits per heavy atom. The number of piperidine rings is 1. The van der Waals surface area contributed by atoms with Gasteiger partial charge in [0.05, 0.1) is 23.5 Å². The molecule has 3 aliphatic rings. The van der Waals surface area contributed by atoms with Gasteiger partial charge in [0.1, 0.15) is 17.0 Å². The van der Waals surface area contributed by atoms with Crippen LogP contribution in [0.1, 0.15) is 36.6 Å². The second-order valence-corrected chi connectivity index (χ2v) is 9.16. The number of aryl methyl sites for hydroxylation is 2. The molecule has 1 aliphatic carbocycles. The van der Waals surface area contributed by atoms with Crippen LogP contribution in [0.3, 0.4) is 0 Å². The van der Waals surface area contributed by atoms with Crippen molar-refractivity contribution in [3.63, 3.8) is 0 Å². The summed E-state index contributed by atoms with van der Waals surface area (Å²) in [6, 6.07) is 1.37. The zero-order chi connectivity index (χ0) is 18.0. The number of rotatable bonds is 3. The van der Waals surface area contributed by atoms with Crippen molar-refractivity contribution in [2.24, 2.45) is 0 Å². The summed E-state index contributed by atoms with van der Waals surface area (Å²) in [7, 11) is 4.27. The van der Waals surface area contributed by atoms with Gasteiger partial charge < -0.3 is 15.1 Å². The molecule has 26 heavy (non-hydrogen) atoms. The molecule has 2 unspecified atom stereocenters. The van der Waals surface area contributed by atoms with Crippen LogP contribution >= 0.6 is 11.3 Å². The third-order valence-electron chi connectivity index (χ3n) is 6.47. The van der Waals surface area contributed by atoms with Gasteiger partial charge in [-0.1, -0.05) is 0 Å². The Hall–Kier alpha value is -1.73. The summed E-state index contributed by atoms with van der Waals surface area (Å²) >= 11 is 1.82. The molecule has 0 aromatic carbocycles. The molecule has 2 aromatic rings. The minimum absolute atomic E-state index is 0.194. The predicted molar refractivity (Wildman–Crippen MR) is 104 cm³/mol. The third-order valence-corrected chi connectivity index (χ3v) is 7.67. The Morgan fingerprint density at radius 3 is 2.73 bits per heavy atom. The van der Waals surface area contributed by atoms with Crippen LogP contribution in [0.15, 0.2) is 6.33 Å². The van der Waals surface area contributed by atoms with Crippen LogP contribution in [0.4, 0.5) is 5.82 Å². The molecule has 2 bridgehead atoms. The van der Waals surface area contributed by atoms with Gasteiger partial charge in [-0.25, -0.2) is 9.97 Å². The minimum Gasteiger partial charge on any atom is -0.363 e. The fourth-order valence-corrected chi connectivity index (χ4v) is 6.43. The molecule has 2 saturated heterocycles. The van der Waals surface area contributed by atoms with Crippen LogP contribution in [0.5, 0.6) is 0 Å². The van der Waals surface area contributed by atoms with E-state index in [0.717, 1.165) is 29.9 Å². The first kappa shape index (κ1) is 16.4. The fraction of sp³-hybridized carbons (Fsp3) is 0.632. The third kappa shape index (κ3) is 2.29. The highest BCUT2D eigenvalue weighted by atomic mass is 32.1. The molecule has 0 saturated carbocycles. The summed E-state index contributed by atoms with van der Waals surface area (Å²) in [5.74, 6) is 1.17. The highest BCUT2D eigenvalue weighted by Gasteiger charge is 2.55. The standard InChI is InChI=1S/C19H25N5OS/c1-10(25)24-13-7-11(23(2)3)8-14(24)17(13)22-18-16-12-5-4-6-15(12)26-19(16)21-9-20-18/h9,11,13-14,17H,4-8H2,1-3H3,(H,20,21,22)/t11?,13-,14+,17?. The van der Waals surface area contributed by atoms with Crippen LogP contribution in [0.25, 0.3) is 10.2 Å². The van der Waals surface area contributed by atoms with Gasteiger partial charge in [0.25, 0.3) is 0 Å². The van der Waals surface area contributed by atoms with E-state index in [1.54, 1.807) is 13.3 Å². The van der Waals surface area contributed by atoms with Crippen LogP contribution in [0, 0.1) is 0 Å². The van der Waals surface area contributed by atoms with Crippen molar-refractivity contribution in [1.29, 1.82) is 0 Å². The molecule has 4 atom stereocenters. The maximum absolute atomic E-state index is 12.1. The Balaban J connectivity index is 1.46. The molecule has 138 valence electrons. The largest absolute Gasteiger partial charge is 0.363 e. The summed E-state index contributed by atoms with van der Waals surface area (Å²) in [5.41, 5.74) is 1.45. The van der Waals surface area contributed by atoms with Crippen molar-refractivity contribution in [2.75, 3.05) is 19.4 Å².